The summed E-state index contributed by atoms with van der Waals surface area (Å²) >= 11 is -0.863. The van der Waals surface area contributed by atoms with Gasteiger partial charge in [-0.2, -0.15) is 0 Å². The van der Waals surface area contributed by atoms with Crippen LogP contribution in [0.5, 0.6) is 11.5 Å². The fraction of sp³-hybridized carbons (Fsp3) is 0.0556. The third-order valence-corrected chi connectivity index (χ3v) is 7.57. The van der Waals surface area contributed by atoms with E-state index < -0.39 is 25.8 Å². The van der Waals surface area contributed by atoms with Crippen molar-refractivity contribution in [3.8, 4) is 11.5 Å². The Morgan fingerprint density at radius 3 is 2.38 bits per heavy atom. The average molecular weight is 432 g/mol. The average Bonchev–Trinajstić information content (AvgIpc) is 2.65. The molecule has 1 atom stereocenters. The molecule has 8 heteroatoms. The number of hydrogen-bond acceptors (Lipinski definition) is 5. The molecule has 0 spiro atoms. The summed E-state index contributed by atoms with van der Waals surface area (Å²) in [4.78, 5) is 4.50. The van der Waals surface area contributed by atoms with E-state index in [9.17, 15) is 13.5 Å². The molecule has 1 aromatic heterocycles. The number of methoxy groups -OCH3 is 1. The van der Waals surface area contributed by atoms with Gasteiger partial charge in [0.25, 0.3) is 0 Å². The van der Waals surface area contributed by atoms with E-state index in [-0.39, 0.29) is 10.6 Å². The Bertz CT molecular complexity index is 990. The number of pyridine rings is 1. The number of phenols is 1. The van der Waals surface area contributed by atoms with Crippen LogP contribution in [0.15, 0.2) is 71.8 Å². The van der Waals surface area contributed by atoms with E-state index >= 15 is 0 Å². The quantitative estimate of drug-likeness (QED) is 0.568. The summed E-state index contributed by atoms with van der Waals surface area (Å²) in [5.41, 5.74) is 0.469. The Labute approximate surface area is 158 Å². The molecule has 0 fully saturated rings. The zero-order valence-corrected chi connectivity index (χ0v) is 16.8. The van der Waals surface area contributed by atoms with Crippen molar-refractivity contribution >= 4 is 40.3 Å². The first-order valence-corrected chi connectivity index (χ1v) is 11.2. The molecule has 3 aromatic rings. The minimum atomic E-state index is -3.73. The van der Waals surface area contributed by atoms with Crippen molar-refractivity contribution in [2.75, 3.05) is 11.8 Å². The first-order valence-electron chi connectivity index (χ1n) is 7.66. The van der Waals surface area contributed by atoms with E-state index in [1.54, 1.807) is 42.6 Å². The minimum absolute atomic E-state index is 0.151. The Morgan fingerprint density at radius 1 is 1.04 bits per heavy atom. The third-order valence-electron chi connectivity index (χ3n) is 3.55. The third kappa shape index (κ3) is 4.36. The number of anilines is 1. The summed E-state index contributed by atoms with van der Waals surface area (Å²) in [5, 5.41) is 9.39. The van der Waals surface area contributed by atoms with Gasteiger partial charge in [-0.1, -0.05) is 0 Å². The second-order valence-electron chi connectivity index (χ2n) is 5.35. The number of nitrogens with one attached hydrogen (secondary N) is 1. The van der Waals surface area contributed by atoms with Crippen LogP contribution in [0.4, 0.5) is 5.69 Å². The number of ether oxygens (including phenoxy) is 1. The summed E-state index contributed by atoms with van der Waals surface area (Å²) in [7, 11) is -2.20. The SMILES string of the molecule is COc1ccc(S(=O)(=O)Nc2cccnc2[AsH]c2ccc(O)cc2)cc1. The standard InChI is InChI=1S/C18H17AsN2O4S/c1-25-15-8-10-16(11-9-15)26(23,24)21-17-3-2-12-20-18(17)19-13-4-6-14(22)7-5-13/h2-12,19,21-22H,1H3. The van der Waals surface area contributed by atoms with Crippen molar-refractivity contribution in [2.45, 2.75) is 4.90 Å². The van der Waals surface area contributed by atoms with Gasteiger partial charge >= 0.3 is 159 Å². The number of rotatable bonds is 6. The molecule has 0 bridgehead atoms. The van der Waals surface area contributed by atoms with Gasteiger partial charge in [0.15, 0.2) is 0 Å². The Morgan fingerprint density at radius 2 is 1.73 bits per heavy atom. The van der Waals surface area contributed by atoms with Crippen LogP contribution in [-0.2, 0) is 10.0 Å². The summed E-state index contributed by atoms with van der Waals surface area (Å²) in [6.45, 7) is 0. The monoisotopic (exact) mass is 432 g/mol. The van der Waals surface area contributed by atoms with Crippen molar-refractivity contribution in [3.05, 3.63) is 66.9 Å². The van der Waals surface area contributed by atoms with Crippen molar-refractivity contribution < 1.29 is 18.3 Å². The van der Waals surface area contributed by atoms with E-state index in [2.05, 4.69) is 9.71 Å². The number of phenolic OH excluding ortho intramolecular Hbond substituents is 1. The van der Waals surface area contributed by atoms with Crippen molar-refractivity contribution in [1.29, 1.82) is 0 Å². The van der Waals surface area contributed by atoms with E-state index in [1.165, 1.54) is 19.2 Å². The molecule has 2 N–H and O–H groups in total. The number of hydrogen-bond donors (Lipinski definition) is 2. The normalized spacial score (nSPS) is 11.6. The van der Waals surface area contributed by atoms with Crippen molar-refractivity contribution in [3.63, 3.8) is 0 Å². The molecule has 3 rings (SSSR count). The fourth-order valence-corrected chi connectivity index (χ4v) is 5.64. The van der Waals surface area contributed by atoms with Gasteiger partial charge < -0.3 is 0 Å². The number of aromatic hydroxyl groups is 1. The first kappa shape index (κ1) is 18.3. The van der Waals surface area contributed by atoms with Gasteiger partial charge in [-0.3, -0.25) is 0 Å². The van der Waals surface area contributed by atoms with E-state index in [4.69, 9.17) is 4.74 Å². The molecule has 6 nitrogen and oxygen atoms in total. The molecule has 0 aliphatic rings. The molecule has 0 saturated heterocycles. The van der Waals surface area contributed by atoms with Crippen LogP contribution >= 0.6 is 0 Å². The van der Waals surface area contributed by atoms with Crippen LogP contribution in [0.1, 0.15) is 0 Å². The van der Waals surface area contributed by atoms with Gasteiger partial charge in [-0.15, -0.1) is 0 Å². The Hall–Kier alpha value is -2.50. The Balaban J connectivity index is 1.86. The maximum atomic E-state index is 12.7. The van der Waals surface area contributed by atoms with Crippen LogP contribution in [0.2, 0.25) is 0 Å². The summed E-state index contributed by atoms with van der Waals surface area (Å²) in [5.74, 6) is 0.784. The van der Waals surface area contributed by atoms with Crippen LogP contribution in [0.3, 0.4) is 0 Å². The maximum absolute atomic E-state index is 12.7. The second kappa shape index (κ2) is 7.81. The molecule has 0 saturated carbocycles. The van der Waals surface area contributed by atoms with Crippen LogP contribution < -0.4 is 18.3 Å². The molecule has 1 heterocycles. The molecular weight excluding hydrogens is 415 g/mol. The van der Waals surface area contributed by atoms with Crippen molar-refractivity contribution in [1.82, 2.24) is 4.98 Å². The van der Waals surface area contributed by atoms with E-state index in [1.807, 2.05) is 12.1 Å². The summed E-state index contributed by atoms with van der Waals surface area (Å²) < 4.78 is 34.7. The van der Waals surface area contributed by atoms with Crippen LogP contribution in [-0.4, -0.2) is 41.4 Å². The van der Waals surface area contributed by atoms with Gasteiger partial charge in [0.1, 0.15) is 0 Å². The molecule has 134 valence electrons. The number of nitrogens with zero attached hydrogens (tertiary/aromatic N) is 1. The fourth-order valence-electron chi connectivity index (χ4n) is 2.23. The van der Waals surface area contributed by atoms with E-state index in [0.717, 1.165) is 8.83 Å². The topological polar surface area (TPSA) is 88.5 Å². The van der Waals surface area contributed by atoms with Crippen LogP contribution in [0.25, 0.3) is 0 Å². The van der Waals surface area contributed by atoms with Gasteiger partial charge in [0, 0.05) is 0 Å². The predicted octanol–water partition coefficient (Wildman–Crippen LogP) is 0.984. The summed E-state index contributed by atoms with van der Waals surface area (Å²) in [6.07, 6.45) is 1.64. The van der Waals surface area contributed by atoms with Gasteiger partial charge in [-0.05, 0) is 0 Å². The number of aromatic nitrogens is 1. The molecular formula is C18H17AsN2O4S. The number of benzene rings is 2. The first-order chi connectivity index (χ1) is 12.5. The predicted molar refractivity (Wildman–Crippen MR) is 103 cm³/mol. The molecule has 0 radical (unpaired) electrons. The molecule has 0 aliphatic heterocycles. The van der Waals surface area contributed by atoms with Crippen LogP contribution in [0, 0.1) is 0 Å². The van der Waals surface area contributed by atoms with Gasteiger partial charge in [-0.25, -0.2) is 0 Å². The van der Waals surface area contributed by atoms with Gasteiger partial charge in [0.05, 0.1) is 0 Å². The van der Waals surface area contributed by atoms with E-state index in [0.29, 0.717) is 11.4 Å². The molecule has 1 unspecified atom stereocenters. The van der Waals surface area contributed by atoms with Gasteiger partial charge in [0.2, 0.25) is 0 Å². The second-order valence-corrected chi connectivity index (χ2v) is 9.76. The molecule has 0 amide bonds. The zero-order valence-electron chi connectivity index (χ0n) is 13.9. The molecule has 2 aromatic carbocycles. The Kier molecular flexibility index (Phi) is 5.49. The summed E-state index contributed by atoms with van der Waals surface area (Å²) in [6, 6.07) is 16.5. The number of sulfonamides is 1. The molecule has 0 aliphatic carbocycles. The zero-order chi connectivity index (χ0) is 18.6. The molecule has 26 heavy (non-hydrogen) atoms. The van der Waals surface area contributed by atoms with Crippen molar-refractivity contribution in [2.24, 2.45) is 0 Å².